The highest BCUT2D eigenvalue weighted by Crippen LogP contribution is 2.22. The van der Waals surface area contributed by atoms with Crippen LogP contribution in [0.15, 0.2) is 29.1 Å². The second-order valence-electron chi connectivity index (χ2n) is 6.09. The summed E-state index contributed by atoms with van der Waals surface area (Å²) in [6.45, 7) is 1.17. The van der Waals surface area contributed by atoms with Gasteiger partial charge < -0.3 is 14.6 Å². The van der Waals surface area contributed by atoms with Crippen LogP contribution in [0.5, 0.6) is 11.6 Å². The van der Waals surface area contributed by atoms with E-state index in [9.17, 15) is 9.90 Å². The van der Waals surface area contributed by atoms with E-state index in [0.717, 1.165) is 22.6 Å². The number of nitrogens with one attached hydrogen (secondary N) is 1. The van der Waals surface area contributed by atoms with Crippen molar-refractivity contribution in [1.82, 2.24) is 4.98 Å². The van der Waals surface area contributed by atoms with Crippen LogP contribution in [-0.4, -0.2) is 29.4 Å². The number of ether oxygens (including phenoxy) is 2. The molecule has 0 atom stereocenters. The molecule has 6 heteroatoms. The summed E-state index contributed by atoms with van der Waals surface area (Å²) in [7, 11) is 0. The number of aromatic hydroxyl groups is 1. The van der Waals surface area contributed by atoms with Gasteiger partial charge in [0.05, 0.1) is 17.6 Å². The van der Waals surface area contributed by atoms with E-state index in [1.54, 1.807) is 0 Å². The Morgan fingerprint density at radius 3 is 2.54 bits per heavy atom. The van der Waals surface area contributed by atoms with Crippen LogP contribution in [0.3, 0.4) is 0 Å². The van der Waals surface area contributed by atoms with Crippen molar-refractivity contribution in [2.75, 3.05) is 13.2 Å². The second kappa shape index (κ2) is 8.35. The molecule has 2 aromatic rings. The Balaban J connectivity index is 1.42. The first-order valence-corrected chi connectivity index (χ1v) is 9.26. The maximum Gasteiger partial charge on any atom is 0.307 e. The molecule has 0 aliphatic heterocycles. The van der Waals surface area contributed by atoms with Crippen LogP contribution in [-0.2, 0) is 11.2 Å². The first-order chi connectivity index (χ1) is 11.7. The monoisotopic (exact) mass is 349 g/mol. The predicted molar refractivity (Wildman–Crippen MR) is 94.2 cm³/mol. The van der Waals surface area contributed by atoms with Crippen LogP contribution in [0.4, 0.5) is 0 Å². The Bertz CT molecular complexity index is 686. The third kappa shape index (κ3) is 4.85. The zero-order valence-corrected chi connectivity index (χ0v) is 14.4. The molecule has 1 saturated carbocycles. The Morgan fingerprint density at radius 1 is 1.12 bits per heavy atom. The van der Waals surface area contributed by atoms with Crippen LogP contribution in [0.2, 0.25) is 0 Å². The summed E-state index contributed by atoms with van der Waals surface area (Å²) >= 11 is 1.03. The summed E-state index contributed by atoms with van der Waals surface area (Å²) in [4.78, 5) is 14.0. The Kier molecular flexibility index (Phi) is 5.93. The molecule has 2 N–H and O–H groups in total. The van der Waals surface area contributed by atoms with E-state index in [1.807, 2.05) is 24.3 Å². The van der Waals surface area contributed by atoms with E-state index < -0.39 is 0 Å². The highest BCUT2D eigenvalue weighted by Gasteiger charge is 2.13. The average molecular weight is 349 g/mol. The lowest BCUT2D eigenvalue weighted by Crippen LogP contribution is -2.19. The molecule has 5 nitrogen and oxygen atoms in total. The minimum atomic E-state index is -0.236. The number of H-pyrrole nitrogens is 1. The lowest BCUT2D eigenvalue weighted by Gasteiger charge is -2.21. The van der Waals surface area contributed by atoms with Crippen LogP contribution < -0.4 is 9.61 Å². The number of aromatic amines is 1. The van der Waals surface area contributed by atoms with Crippen molar-refractivity contribution in [1.29, 1.82) is 0 Å². The number of rotatable bonds is 7. The molecule has 0 amide bonds. The average Bonchev–Trinajstić information content (AvgIpc) is 2.91. The molecule has 0 saturated heterocycles. The fraction of sp³-hybridized carbons (Fsp3) is 0.500. The summed E-state index contributed by atoms with van der Waals surface area (Å²) in [5.41, 5.74) is 1.02. The number of benzene rings is 1. The molecule has 1 fully saturated rings. The maximum absolute atomic E-state index is 11.2. The van der Waals surface area contributed by atoms with Gasteiger partial charge in [-0.2, -0.15) is 0 Å². The Labute approximate surface area is 145 Å². The zero-order valence-electron chi connectivity index (χ0n) is 13.6. The maximum atomic E-state index is 11.2. The molecule has 0 radical (unpaired) electrons. The van der Waals surface area contributed by atoms with Crippen LogP contribution in [0.25, 0.3) is 0 Å². The van der Waals surface area contributed by atoms with Gasteiger partial charge in [0.2, 0.25) is 5.88 Å². The standard InChI is InChI=1S/C18H23NO4S/c20-17-16(24-18(21)19-17)12-13-6-8-15(9-7-13)23-11-10-22-14-4-2-1-3-5-14/h6-9,14,20H,1-5,10-12H2,(H,19,21). The summed E-state index contributed by atoms with van der Waals surface area (Å²) in [6.07, 6.45) is 7.17. The fourth-order valence-corrected chi connectivity index (χ4v) is 3.72. The molecule has 1 aromatic heterocycles. The minimum Gasteiger partial charge on any atom is -0.494 e. The molecular formula is C18H23NO4S. The number of hydrogen-bond acceptors (Lipinski definition) is 5. The highest BCUT2D eigenvalue weighted by atomic mass is 32.1. The van der Waals surface area contributed by atoms with E-state index in [0.29, 0.717) is 30.6 Å². The van der Waals surface area contributed by atoms with E-state index >= 15 is 0 Å². The lowest BCUT2D eigenvalue weighted by atomic mass is 9.98. The summed E-state index contributed by atoms with van der Waals surface area (Å²) in [6, 6.07) is 7.70. The van der Waals surface area contributed by atoms with Crippen molar-refractivity contribution in [3.05, 3.63) is 44.4 Å². The summed E-state index contributed by atoms with van der Waals surface area (Å²) in [5, 5.41) is 9.61. The van der Waals surface area contributed by atoms with Crippen LogP contribution >= 0.6 is 11.3 Å². The van der Waals surface area contributed by atoms with Crippen molar-refractivity contribution in [2.24, 2.45) is 0 Å². The van der Waals surface area contributed by atoms with E-state index in [1.165, 1.54) is 32.1 Å². The number of aromatic nitrogens is 1. The lowest BCUT2D eigenvalue weighted by molar-refractivity contribution is 0.0129. The van der Waals surface area contributed by atoms with E-state index in [4.69, 9.17) is 9.47 Å². The molecule has 0 spiro atoms. The smallest absolute Gasteiger partial charge is 0.307 e. The molecule has 0 unspecified atom stereocenters. The van der Waals surface area contributed by atoms with Crippen LogP contribution in [0, 0.1) is 0 Å². The predicted octanol–water partition coefficient (Wildman–Crippen LogP) is 3.46. The fourth-order valence-electron chi connectivity index (χ4n) is 2.97. The zero-order chi connectivity index (χ0) is 16.8. The van der Waals surface area contributed by atoms with Gasteiger partial charge in [-0.05, 0) is 30.5 Å². The van der Waals surface area contributed by atoms with Gasteiger partial charge in [-0.25, -0.2) is 0 Å². The van der Waals surface area contributed by atoms with E-state index in [2.05, 4.69) is 4.98 Å². The molecule has 3 rings (SSSR count). The van der Waals surface area contributed by atoms with Crippen molar-refractivity contribution in [3.8, 4) is 11.6 Å². The Morgan fingerprint density at radius 2 is 1.88 bits per heavy atom. The van der Waals surface area contributed by atoms with Crippen LogP contribution in [0.1, 0.15) is 42.5 Å². The molecule has 0 bridgehead atoms. The van der Waals surface area contributed by atoms with Gasteiger partial charge in [0.1, 0.15) is 12.4 Å². The Hall–Kier alpha value is -1.79. The highest BCUT2D eigenvalue weighted by molar-refractivity contribution is 7.09. The van der Waals surface area contributed by atoms with Gasteiger partial charge in [-0.15, -0.1) is 0 Å². The van der Waals surface area contributed by atoms with E-state index in [-0.39, 0.29) is 10.8 Å². The number of hydrogen-bond donors (Lipinski definition) is 2. The molecule has 1 aliphatic rings. The first kappa shape index (κ1) is 17.0. The third-order valence-electron chi connectivity index (χ3n) is 4.25. The van der Waals surface area contributed by atoms with Gasteiger partial charge in [0, 0.05) is 6.42 Å². The molecule has 1 aliphatic carbocycles. The van der Waals surface area contributed by atoms with Crippen molar-refractivity contribution < 1.29 is 14.6 Å². The first-order valence-electron chi connectivity index (χ1n) is 8.45. The SMILES string of the molecule is O=c1[nH]c(O)c(Cc2ccc(OCCOC3CCCCC3)cc2)s1. The van der Waals surface area contributed by atoms with Crippen molar-refractivity contribution in [2.45, 2.75) is 44.6 Å². The molecule has 130 valence electrons. The summed E-state index contributed by atoms with van der Waals surface area (Å²) in [5.74, 6) is 0.766. The van der Waals surface area contributed by atoms with Crippen molar-refractivity contribution >= 4 is 11.3 Å². The molecule has 1 heterocycles. The van der Waals surface area contributed by atoms with Crippen molar-refractivity contribution in [3.63, 3.8) is 0 Å². The normalized spacial score (nSPS) is 15.5. The van der Waals surface area contributed by atoms with Gasteiger partial charge >= 0.3 is 4.87 Å². The van der Waals surface area contributed by atoms with Gasteiger partial charge in [-0.3, -0.25) is 9.78 Å². The topological polar surface area (TPSA) is 71.6 Å². The number of thiazole rings is 1. The van der Waals surface area contributed by atoms with Gasteiger partial charge in [-0.1, -0.05) is 42.7 Å². The minimum absolute atomic E-state index is 0.0369. The van der Waals surface area contributed by atoms with Gasteiger partial charge in [0.15, 0.2) is 0 Å². The summed E-state index contributed by atoms with van der Waals surface area (Å²) < 4.78 is 11.5. The quantitative estimate of drug-likeness (QED) is 0.751. The second-order valence-corrected chi connectivity index (χ2v) is 7.15. The van der Waals surface area contributed by atoms with Gasteiger partial charge in [0.25, 0.3) is 0 Å². The molecule has 1 aromatic carbocycles. The third-order valence-corrected chi connectivity index (χ3v) is 5.12. The molecular weight excluding hydrogens is 326 g/mol. The molecule has 24 heavy (non-hydrogen) atoms. The largest absolute Gasteiger partial charge is 0.494 e.